The van der Waals surface area contributed by atoms with Crippen LogP contribution >= 0.6 is 0 Å². The Labute approximate surface area is 77.5 Å². The molecule has 3 nitrogen and oxygen atoms in total. The molecule has 0 radical (unpaired) electrons. The summed E-state index contributed by atoms with van der Waals surface area (Å²) in [5.41, 5.74) is -0.581. The van der Waals surface area contributed by atoms with Crippen LogP contribution in [0.15, 0.2) is 18.5 Å². The monoisotopic (exact) mass is 205 g/mol. The third-order valence-electron chi connectivity index (χ3n) is 1.50. The summed E-state index contributed by atoms with van der Waals surface area (Å²) in [5, 5.41) is 0. The third-order valence-corrected chi connectivity index (χ3v) is 1.50. The van der Waals surface area contributed by atoms with Crippen LogP contribution in [0, 0.1) is 0 Å². The molecule has 6 heteroatoms. The second-order valence-electron chi connectivity index (χ2n) is 2.40. The van der Waals surface area contributed by atoms with Gasteiger partial charge in [0.2, 0.25) is 0 Å². The van der Waals surface area contributed by atoms with E-state index < -0.39 is 17.5 Å². The summed E-state index contributed by atoms with van der Waals surface area (Å²) < 4.78 is 40.7. The largest absolute Gasteiger partial charge is 0.496 e. The number of ether oxygens (including phenoxy) is 1. The normalized spacial score (nSPS) is 11.1. The van der Waals surface area contributed by atoms with Crippen molar-refractivity contribution in [1.82, 2.24) is 4.98 Å². The summed E-state index contributed by atoms with van der Waals surface area (Å²) in [7, 11) is 1.18. The van der Waals surface area contributed by atoms with Gasteiger partial charge in [-0.3, -0.25) is 9.78 Å². The predicted octanol–water partition coefficient (Wildman–Crippen LogP) is 1.84. The minimum absolute atomic E-state index is 0.137. The zero-order valence-electron chi connectivity index (χ0n) is 7.13. The lowest BCUT2D eigenvalue weighted by Gasteiger charge is -2.08. The molecule has 0 unspecified atom stereocenters. The van der Waals surface area contributed by atoms with Crippen molar-refractivity contribution in [1.29, 1.82) is 0 Å². The maximum absolute atomic E-state index is 12.0. The van der Waals surface area contributed by atoms with Crippen molar-refractivity contribution in [2.24, 2.45) is 0 Å². The molecule has 1 rings (SSSR count). The fourth-order valence-corrected chi connectivity index (χ4v) is 0.883. The molecule has 0 saturated carbocycles. The molecule has 1 aromatic rings. The number of halogens is 3. The number of carbonyl (C=O) groups is 1. The van der Waals surface area contributed by atoms with Crippen LogP contribution in [0.25, 0.3) is 0 Å². The Balaban J connectivity index is 3.13. The molecular weight excluding hydrogens is 199 g/mol. The quantitative estimate of drug-likeness (QED) is 0.691. The molecule has 0 atom stereocenters. The number of ketones is 1. The van der Waals surface area contributed by atoms with Crippen molar-refractivity contribution >= 4 is 5.78 Å². The first-order valence-corrected chi connectivity index (χ1v) is 3.56. The Morgan fingerprint density at radius 3 is 2.64 bits per heavy atom. The summed E-state index contributed by atoms with van der Waals surface area (Å²) >= 11 is 0. The summed E-state index contributed by atoms with van der Waals surface area (Å²) in [6.07, 6.45) is -2.84. The van der Waals surface area contributed by atoms with Crippen LogP contribution in [0.5, 0.6) is 5.75 Å². The van der Waals surface area contributed by atoms with Crippen molar-refractivity contribution in [2.75, 3.05) is 7.11 Å². The second-order valence-corrected chi connectivity index (χ2v) is 2.40. The number of nitrogens with zero attached hydrogens (tertiary/aromatic N) is 1. The number of aromatic nitrogens is 1. The molecule has 14 heavy (non-hydrogen) atoms. The van der Waals surface area contributed by atoms with Gasteiger partial charge in [0.1, 0.15) is 5.75 Å². The molecule has 76 valence electrons. The van der Waals surface area contributed by atoms with Gasteiger partial charge in [-0.2, -0.15) is 13.2 Å². The lowest BCUT2D eigenvalue weighted by molar-refractivity contribution is -0.0886. The van der Waals surface area contributed by atoms with Gasteiger partial charge in [-0.1, -0.05) is 0 Å². The smallest absolute Gasteiger partial charge is 0.455 e. The van der Waals surface area contributed by atoms with Crippen LogP contribution in [0.1, 0.15) is 10.4 Å². The van der Waals surface area contributed by atoms with Gasteiger partial charge < -0.3 is 4.74 Å². The van der Waals surface area contributed by atoms with Crippen LogP contribution in [0.2, 0.25) is 0 Å². The minimum Gasteiger partial charge on any atom is -0.496 e. The second kappa shape index (κ2) is 3.65. The van der Waals surface area contributed by atoms with E-state index in [2.05, 4.69) is 9.72 Å². The van der Waals surface area contributed by atoms with Gasteiger partial charge in [-0.05, 0) is 6.07 Å². The number of pyridine rings is 1. The van der Waals surface area contributed by atoms with Gasteiger partial charge >= 0.3 is 6.18 Å². The van der Waals surface area contributed by atoms with Gasteiger partial charge in [0, 0.05) is 12.4 Å². The Morgan fingerprint density at radius 1 is 1.50 bits per heavy atom. The van der Waals surface area contributed by atoms with E-state index in [9.17, 15) is 18.0 Å². The highest BCUT2D eigenvalue weighted by Crippen LogP contribution is 2.26. The van der Waals surface area contributed by atoms with E-state index in [4.69, 9.17) is 0 Å². The maximum Gasteiger partial charge on any atom is 0.455 e. The fraction of sp³-hybridized carbons (Fsp3) is 0.250. The third kappa shape index (κ3) is 2.01. The van der Waals surface area contributed by atoms with E-state index in [0.717, 1.165) is 6.20 Å². The average Bonchev–Trinajstić information content (AvgIpc) is 2.15. The molecule has 1 heterocycles. The first-order chi connectivity index (χ1) is 6.46. The highest BCUT2D eigenvalue weighted by atomic mass is 19.4. The molecule has 0 amide bonds. The van der Waals surface area contributed by atoms with Crippen LogP contribution < -0.4 is 4.74 Å². The number of methoxy groups -OCH3 is 1. The zero-order valence-corrected chi connectivity index (χ0v) is 7.13. The molecule has 0 aliphatic rings. The average molecular weight is 205 g/mol. The predicted molar refractivity (Wildman–Crippen MR) is 41.2 cm³/mol. The van der Waals surface area contributed by atoms with Crippen molar-refractivity contribution in [2.45, 2.75) is 6.18 Å². The van der Waals surface area contributed by atoms with Crippen molar-refractivity contribution < 1.29 is 22.7 Å². The summed E-state index contributed by atoms with van der Waals surface area (Å²) in [4.78, 5) is 14.2. The van der Waals surface area contributed by atoms with E-state index in [1.165, 1.54) is 19.4 Å². The van der Waals surface area contributed by atoms with Gasteiger partial charge in [-0.25, -0.2) is 0 Å². The number of hydrogen-bond donors (Lipinski definition) is 0. The van der Waals surface area contributed by atoms with Crippen molar-refractivity contribution in [3.05, 3.63) is 24.0 Å². The molecular formula is C8H6F3NO2. The number of rotatable bonds is 2. The maximum atomic E-state index is 12.0. The number of Topliss-reactive ketones (excluding diaryl/α,β-unsaturated/α-hetero) is 1. The van der Waals surface area contributed by atoms with E-state index >= 15 is 0 Å². The van der Waals surface area contributed by atoms with Crippen LogP contribution in [-0.2, 0) is 0 Å². The molecule has 0 spiro atoms. The van der Waals surface area contributed by atoms with Gasteiger partial charge in [0.25, 0.3) is 5.78 Å². The molecule has 0 saturated heterocycles. The Morgan fingerprint density at radius 2 is 2.14 bits per heavy atom. The SMILES string of the molecule is COc1ccncc1C(=O)C(F)(F)F. The standard InChI is InChI=1S/C8H6F3NO2/c1-14-6-2-3-12-4-5(6)7(13)8(9,10)11/h2-4H,1H3. The lowest BCUT2D eigenvalue weighted by Crippen LogP contribution is -2.23. The molecule has 1 aromatic heterocycles. The fourth-order valence-electron chi connectivity index (χ4n) is 0.883. The number of hydrogen-bond acceptors (Lipinski definition) is 3. The van der Waals surface area contributed by atoms with E-state index in [0.29, 0.717) is 0 Å². The first kappa shape index (κ1) is 10.5. The molecule has 0 bridgehead atoms. The number of alkyl halides is 3. The topological polar surface area (TPSA) is 39.2 Å². The molecule has 0 aliphatic heterocycles. The molecule has 0 fully saturated rings. The number of carbonyl (C=O) groups excluding carboxylic acids is 1. The van der Waals surface area contributed by atoms with E-state index in [-0.39, 0.29) is 5.75 Å². The van der Waals surface area contributed by atoms with E-state index in [1.54, 1.807) is 0 Å². The lowest BCUT2D eigenvalue weighted by atomic mass is 10.1. The molecule has 0 aromatic carbocycles. The highest BCUT2D eigenvalue weighted by Gasteiger charge is 2.40. The van der Waals surface area contributed by atoms with E-state index in [1.807, 2.05) is 0 Å². The summed E-state index contributed by atoms with van der Waals surface area (Å²) in [5.74, 6) is -2.09. The van der Waals surface area contributed by atoms with Crippen LogP contribution in [0.4, 0.5) is 13.2 Å². The van der Waals surface area contributed by atoms with Gasteiger partial charge in [-0.15, -0.1) is 0 Å². The molecule has 0 N–H and O–H groups in total. The van der Waals surface area contributed by atoms with Gasteiger partial charge in [0.05, 0.1) is 12.7 Å². The minimum atomic E-state index is -4.91. The Kier molecular flexibility index (Phi) is 2.73. The van der Waals surface area contributed by atoms with Gasteiger partial charge in [0.15, 0.2) is 0 Å². The highest BCUT2D eigenvalue weighted by molar-refractivity contribution is 6.02. The van der Waals surface area contributed by atoms with Crippen molar-refractivity contribution in [3.8, 4) is 5.75 Å². The summed E-state index contributed by atoms with van der Waals surface area (Å²) in [6.45, 7) is 0. The Hall–Kier alpha value is -1.59. The molecule has 0 aliphatic carbocycles. The van der Waals surface area contributed by atoms with Crippen molar-refractivity contribution in [3.63, 3.8) is 0 Å². The first-order valence-electron chi connectivity index (χ1n) is 3.56. The summed E-state index contributed by atoms with van der Waals surface area (Å²) in [6, 6.07) is 1.19. The Bertz CT molecular complexity index is 349. The van der Waals surface area contributed by atoms with Crippen LogP contribution in [0.3, 0.4) is 0 Å². The zero-order chi connectivity index (χ0) is 10.8. The van der Waals surface area contributed by atoms with Crippen LogP contribution in [-0.4, -0.2) is 24.1 Å².